The lowest BCUT2D eigenvalue weighted by atomic mass is 9.98. The van der Waals surface area contributed by atoms with Crippen molar-refractivity contribution in [3.8, 4) is 33.4 Å². The molecule has 0 unspecified atom stereocenters. The van der Waals surface area contributed by atoms with Crippen LogP contribution in [0.3, 0.4) is 0 Å². The van der Waals surface area contributed by atoms with Crippen molar-refractivity contribution in [2.75, 3.05) is 0 Å². The van der Waals surface area contributed by atoms with Gasteiger partial charge < -0.3 is 0 Å². The number of rotatable bonds is 3. The number of hydrogen-bond donors (Lipinski definition) is 0. The molecule has 0 saturated carbocycles. The molecule has 0 spiro atoms. The Balaban J connectivity index is 1.60. The Morgan fingerprint density at radius 3 is 1.33 bits per heavy atom. The molecule has 0 saturated heterocycles. The summed E-state index contributed by atoms with van der Waals surface area (Å²) >= 11 is 0. The van der Waals surface area contributed by atoms with Gasteiger partial charge in [-0.05, 0) is 39.4 Å². The van der Waals surface area contributed by atoms with Crippen LogP contribution >= 0.6 is 0 Å². The van der Waals surface area contributed by atoms with Gasteiger partial charge in [-0.2, -0.15) is 0 Å². The minimum atomic E-state index is 1.13. The van der Waals surface area contributed by atoms with E-state index in [1.165, 1.54) is 27.8 Å². The van der Waals surface area contributed by atoms with Crippen molar-refractivity contribution in [3.05, 3.63) is 109 Å². The van der Waals surface area contributed by atoms with Crippen LogP contribution in [0.2, 0.25) is 0 Å². The van der Waals surface area contributed by atoms with Crippen molar-refractivity contribution in [2.24, 2.45) is 0 Å². The zero-order valence-corrected chi connectivity index (χ0v) is 13.3. The summed E-state index contributed by atoms with van der Waals surface area (Å²) in [4.78, 5) is 0. The van der Waals surface area contributed by atoms with Gasteiger partial charge in [0.25, 0.3) is 0 Å². The monoisotopic (exact) mass is 305 g/mol. The molecule has 0 bridgehead atoms. The summed E-state index contributed by atoms with van der Waals surface area (Å²) in [7, 11) is 0. The number of hydrogen-bond acceptors (Lipinski definition) is 0. The average Bonchev–Trinajstić information content (AvgIpc) is 2.70. The van der Waals surface area contributed by atoms with Gasteiger partial charge in [-0.25, -0.2) is 0 Å². The van der Waals surface area contributed by atoms with Crippen molar-refractivity contribution in [1.29, 1.82) is 0 Å². The first kappa shape index (κ1) is 14.5. The minimum Gasteiger partial charge on any atom is -0.0622 e. The van der Waals surface area contributed by atoms with Crippen LogP contribution in [0, 0.1) is 6.07 Å². The molecule has 0 aliphatic heterocycles. The second-order valence-corrected chi connectivity index (χ2v) is 5.80. The second kappa shape index (κ2) is 6.55. The van der Waals surface area contributed by atoms with Gasteiger partial charge in [0.05, 0.1) is 0 Å². The Labute approximate surface area is 143 Å². The predicted molar refractivity (Wildman–Crippen MR) is 102 cm³/mol. The molecular weight excluding hydrogens is 288 g/mol. The van der Waals surface area contributed by atoms with E-state index in [9.17, 15) is 0 Å². The molecule has 0 heteroatoms. The standard InChI is InChI=1S/C24H17/c1-3-7-19(8-4-1)21-11-15-23(16-12-21)24-17-13-22(14-18-24)20-9-5-2-6-10-20/h1-9,11-18H. The third kappa shape index (κ3) is 3.00. The van der Waals surface area contributed by atoms with Crippen molar-refractivity contribution in [1.82, 2.24) is 0 Å². The lowest BCUT2D eigenvalue weighted by molar-refractivity contribution is 1.57. The highest BCUT2D eigenvalue weighted by molar-refractivity contribution is 5.73. The average molecular weight is 305 g/mol. The maximum absolute atomic E-state index is 3.27. The van der Waals surface area contributed by atoms with Crippen LogP contribution in [0.5, 0.6) is 0 Å². The van der Waals surface area contributed by atoms with Gasteiger partial charge in [0.15, 0.2) is 0 Å². The molecule has 4 aromatic rings. The summed E-state index contributed by atoms with van der Waals surface area (Å²) in [6, 6.07) is 39.2. The first-order chi connectivity index (χ1) is 11.9. The lowest BCUT2D eigenvalue weighted by Gasteiger charge is -2.06. The molecule has 0 fully saturated rings. The normalized spacial score (nSPS) is 10.5. The molecule has 4 aromatic carbocycles. The molecule has 0 N–H and O–H groups in total. The van der Waals surface area contributed by atoms with E-state index >= 15 is 0 Å². The van der Waals surface area contributed by atoms with E-state index in [2.05, 4.69) is 84.9 Å². The van der Waals surface area contributed by atoms with Gasteiger partial charge in [-0.15, -0.1) is 0 Å². The molecule has 1 radical (unpaired) electrons. The minimum absolute atomic E-state index is 1.13. The largest absolute Gasteiger partial charge is 0.0622 e. The van der Waals surface area contributed by atoms with Crippen LogP contribution in [0.4, 0.5) is 0 Å². The van der Waals surface area contributed by atoms with Gasteiger partial charge in [-0.1, -0.05) is 103 Å². The molecular formula is C24H17. The Morgan fingerprint density at radius 2 is 0.833 bits per heavy atom. The van der Waals surface area contributed by atoms with Crippen LogP contribution in [-0.4, -0.2) is 0 Å². The fourth-order valence-corrected chi connectivity index (χ4v) is 2.90. The molecule has 0 nitrogen and oxygen atoms in total. The quantitative estimate of drug-likeness (QED) is 0.406. The molecule has 4 rings (SSSR count). The van der Waals surface area contributed by atoms with E-state index in [1.807, 2.05) is 24.3 Å². The number of benzene rings is 4. The molecule has 0 aliphatic rings. The summed E-state index contributed by atoms with van der Waals surface area (Å²) in [6.07, 6.45) is 0. The maximum atomic E-state index is 3.27. The van der Waals surface area contributed by atoms with Crippen LogP contribution in [-0.2, 0) is 0 Å². The zero-order chi connectivity index (χ0) is 16.2. The third-order valence-electron chi connectivity index (χ3n) is 4.23. The van der Waals surface area contributed by atoms with E-state index in [0.717, 1.165) is 5.56 Å². The van der Waals surface area contributed by atoms with Crippen molar-refractivity contribution >= 4 is 0 Å². The summed E-state index contributed by atoms with van der Waals surface area (Å²) in [5.41, 5.74) is 7.28. The topological polar surface area (TPSA) is 0 Å². The first-order valence-corrected chi connectivity index (χ1v) is 8.13. The molecule has 0 aliphatic carbocycles. The fourth-order valence-electron chi connectivity index (χ4n) is 2.90. The zero-order valence-electron chi connectivity index (χ0n) is 13.3. The highest BCUT2D eigenvalue weighted by atomic mass is 14.1. The third-order valence-corrected chi connectivity index (χ3v) is 4.23. The fraction of sp³-hybridized carbons (Fsp3) is 0. The van der Waals surface area contributed by atoms with Gasteiger partial charge in [-0.3, -0.25) is 0 Å². The van der Waals surface area contributed by atoms with Crippen molar-refractivity contribution in [2.45, 2.75) is 0 Å². The van der Waals surface area contributed by atoms with Crippen LogP contribution < -0.4 is 0 Å². The first-order valence-electron chi connectivity index (χ1n) is 8.13. The van der Waals surface area contributed by atoms with Crippen LogP contribution in [0.15, 0.2) is 103 Å². The van der Waals surface area contributed by atoms with E-state index in [1.54, 1.807) is 0 Å². The molecule has 24 heavy (non-hydrogen) atoms. The molecule has 0 aromatic heterocycles. The summed E-state index contributed by atoms with van der Waals surface area (Å²) in [6.45, 7) is 0. The lowest BCUT2D eigenvalue weighted by Crippen LogP contribution is -1.82. The van der Waals surface area contributed by atoms with Gasteiger partial charge >= 0.3 is 0 Å². The van der Waals surface area contributed by atoms with E-state index < -0.39 is 0 Å². The molecule has 0 heterocycles. The summed E-state index contributed by atoms with van der Waals surface area (Å²) in [5.74, 6) is 0. The Morgan fingerprint density at radius 1 is 0.375 bits per heavy atom. The SMILES string of the molecule is [c]1ccccc1-c1ccc(-c2ccc(-c3ccccc3)cc2)cc1. The Bertz CT molecular complexity index is 822. The molecule has 0 amide bonds. The maximum Gasteiger partial charge on any atom is -0.00992 e. The van der Waals surface area contributed by atoms with Crippen molar-refractivity contribution in [3.63, 3.8) is 0 Å². The Kier molecular flexibility index (Phi) is 3.95. The van der Waals surface area contributed by atoms with Crippen molar-refractivity contribution < 1.29 is 0 Å². The van der Waals surface area contributed by atoms with Crippen LogP contribution in [0.25, 0.3) is 33.4 Å². The Hall–Kier alpha value is -3.12. The van der Waals surface area contributed by atoms with Gasteiger partial charge in [0.1, 0.15) is 0 Å². The molecule has 113 valence electrons. The van der Waals surface area contributed by atoms with E-state index in [0.29, 0.717) is 0 Å². The van der Waals surface area contributed by atoms with E-state index in [-0.39, 0.29) is 0 Å². The highest BCUT2D eigenvalue weighted by Crippen LogP contribution is 2.27. The van der Waals surface area contributed by atoms with E-state index in [4.69, 9.17) is 0 Å². The summed E-state index contributed by atoms with van der Waals surface area (Å²) < 4.78 is 0. The summed E-state index contributed by atoms with van der Waals surface area (Å²) in [5, 5.41) is 0. The predicted octanol–water partition coefficient (Wildman–Crippen LogP) is 6.49. The second-order valence-electron chi connectivity index (χ2n) is 5.80. The highest BCUT2D eigenvalue weighted by Gasteiger charge is 2.01. The van der Waals surface area contributed by atoms with Gasteiger partial charge in [0.2, 0.25) is 0 Å². The van der Waals surface area contributed by atoms with Crippen LogP contribution in [0.1, 0.15) is 0 Å². The molecule has 0 atom stereocenters. The van der Waals surface area contributed by atoms with Gasteiger partial charge in [0, 0.05) is 0 Å². The smallest absolute Gasteiger partial charge is 0.00992 e.